The maximum absolute atomic E-state index is 13.5. The number of benzene rings is 2. The van der Waals surface area contributed by atoms with E-state index in [9.17, 15) is 4.79 Å². The Kier molecular flexibility index (Phi) is 6.30. The molecule has 5 heteroatoms. The number of pyridine rings is 1. The number of nitrogens with zero attached hydrogens (tertiary/aromatic N) is 4. The van der Waals surface area contributed by atoms with Gasteiger partial charge < -0.3 is 9.80 Å². The van der Waals surface area contributed by atoms with Crippen molar-refractivity contribution in [1.29, 1.82) is 0 Å². The van der Waals surface area contributed by atoms with Crippen molar-refractivity contribution in [2.24, 2.45) is 5.41 Å². The Hall–Kier alpha value is -2.92. The SMILES string of the molecule is CC(C)(C)CC(=O)N1c2ccccc2CCC1CN1CCN(c2nccc3ccccc23)CC1. The first-order valence-electron chi connectivity index (χ1n) is 12.6. The summed E-state index contributed by atoms with van der Waals surface area (Å²) < 4.78 is 0. The number of rotatable bonds is 4. The highest BCUT2D eigenvalue weighted by Gasteiger charge is 2.34. The number of fused-ring (bicyclic) bond motifs is 2. The highest BCUT2D eigenvalue weighted by atomic mass is 16.2. The first-order chi connectivity index (χ1) is 16.4. The number of para-hydroxylation sites is 1. The molecule has 3 aromatic rings. The van der Waals surface area contributed by atoms with Gasteiger partial charge in [0.1, 0.15) is 5.82 Å². The number of carbonyl (C=O) groups excluding carboxylic acids is 1. The molecule has 0 N–H and O–H groups in total. The van der Waals surface area contributed by atoms with Crippen LogP contribution in [0.2, 0.25) is 0 Å². The molecule has 1 atom stereocenters. The van der Waals surface area contributed by atoms with Crippen molar-refractivity contribution in [2.45, 2.75) is 46.1 Å². The lowest BCUT2D eigenvalue weighted by molar-refractivity contribution is -0.121. The van der Waals surface area contributed by atoms with Crippen molar-refractivity contribution in [3.63, 3.8) is 0 Å². The molecule has 34 heavy (non-hydrogen) atoms. The molecule has 5 rings (SSSR count). The van der Waals surface area contributed by atoms with Crippen molar-refractivity contribution in [1.82, 2.24) is 9.88 Å². The van der Waals surface area contributed by atoms with E-state index in [1.54, 1.807) is 0 Å². The summed E-state index contributed by atoms with van der Waals surface area (Å²) in [5.41, 5.74) is 2.39. The molecule has 0 saturated carbocycles. The lowest BCUT2D eigenvalue weighted by Gasteiger charge is -2.43. The highest BCUT2D eigenvalue weighted by Crippen LogP contribution is 2.34. The minimum atomic E-state index is -0.0227. The van der Waals surface area contributed by atoms with Gasteiger partial charge in [0.15, 0.2) is 0 Å². The van der Waals surface area contributed by atoms with Crippen LogP contribution in [-0.4, -0.2) is 54.6 Å². The molecule has 0 aliphatic carbocycles. The molecular weight excluding hydrogens is 420 g/mol. The van der Waals surface area contributed by atoms with E-state index in [1.807, 2.05) is 6.20 Å². The van der Waals surface area contributed by atoms with Crippen LogP contribution in [-0.2, 0) is 11.2 Å². The zero-order valence-corrected chi connectivity index (χ0v) is 20.7. The maximum atomic E-state index is 13.5. The van der Waals surface area contributed by atoms with Gasteiger partial charge in [0.2, 0.25) is 5.91 Å². The van der Waals surface area contributed by atoms with Crippen LogP contribution in [0.4, 0.5) is 11.5 Å². The van der Waals surface area contributed by atoms with E-state index in [1.165, 1.54) is 16.3 Å². The van der Waals surface area contributed by atoms with Crippen LogP contribution in [0, 0.1) is 5.41 Å². The second-order valence-corrected chi connectivity index (χ2v) is 11.0. The molecule has 5 nitrogen and oxygen atoms in total. The summed E-state index contributed by atoms with van der Waals surface area (Å²) in [6.45, 7) is 11.3. The van der Waals surface area contributed by atoms with E-state index in [0.29, 0.717) is 6.42 Å². The quantitative estimate of drug-likeness (QED) is 0.545. The number of amides is 1. The Morgan fingerprint density at radius 1 is 0.971 bits per heavy atom. The maximum Gasteiger partial charge on any atom is 0.227 e. The lowest BCUT2D eigenvalue weighted by atomic mass is 9.89. The van der Waals surface area contributed by atoms with Crippen molar-refractivity contribution in [3.8, 4) is 0 Å². The predicted octanol–water partition coefficient (Wildman–Crippen LogP) is 5.14. The standard InChI is InChI=1S/C29H36N4O/c1-29(2,3)20-27(34)33-24(13-12-23-9-5-7-11-26(23)33)21-31-16-18-32(19-17-31)28-25-10-6-4-8-22(25)14-15-30-28/h4-11,14-15,24H,12-13,16-21H2,1-3H3. The van der Waals surface area contributed by atoms with E-state index in [2.05, 4.69) is 90.1 Å². The summed E-state index contributed by atoms with van der Waals surface area (Å²) >= 11 is 0. The first kappa shape index (κ1) is 22.9. The van der Waals surface area contributed by atoms with Crippen LogP contribution >= 0.6 is 0 Å². The minimum Gasteiger partial charge on any atom is -0.354 e. The fourth-order valence-electron chi connectivity index (χ4n) is 5.45. The van der Waals surface area contributed by atoms with Crippen LogP contribution < -0.4 is 9.80 Å². The van der Waals surface area contributed by atoms with Crippen molar-refractivity contribution in [2.75, 3.05) is 42.5 Å². The fourth-order valence-corrected chi connectivity index (χ4v) is 5.45. The van der Waals surface area contributed by atoms with E-state index < -0.39 is 0 Å². The van der Waals surface area contributed by atoms with Crippen LogP contribution in [0.1, 0.15) is 39.2 Å². The third-order valence-electron chi connectivity index (χ3n) is 7.11. The zero-order chi connectivity index (χ0) is 23.7. The summed E-state index contributed by atoms with van der Waals surface area (Å²) in [5.74, 6) is 1.34. The Morgan fingerprint density at radius 2 is 1.71 bits per heavy atom. The number of carbonyl (C=O) groups is 1. The molecule has 2 aromatic carbocycles. The van der Waals surface area contributed by atoms with Crippen molar-refractivity contribution in [3.05, 3.63) is 66.4 Å². The van der Waals surface area contributed by atoms with Gasteiger partial charge in [-0.2, -0.15) is 0 Å². The van der Waals surface area contributed by atoms with E-state index in [-0.39, 0.29) is 17.4 Å². The molecule has 178 valence electrons. The van der Waals surface area contributed by atoms with E-state index >= 15 is 0 Å². The fraction of sp³-hybridized carbons (Fsp3) is 0.448. The second kappa shape index (κ2) is 9.38. The Labute approximate surface area is 203 Å². The third kappa shape index (κ3) is 4.80. The predicted molar refractivity (Wildman–Crippen MR) is 141 cm³/mol. The van der Waals surface area contributed by atoms with Gasteiger partial charge in [0.05, 0.1) is 0 Å². The monoisotopic (exact) mass is 456 g/mol. The summed E-state index contributed by atoms with van der Waals surface area (Å²) in [6, 6.07) is 19.3. The lowest BCUT2D eigenvalue weighted by Crippen LogP contribution is -2.54. The molecule has 0 bridgehead atoms. The molecule has 1 fully saturated rings. The third-order valence-corrected chi connectivity index (χ3v) is 7.11. The molecule has 1 unspecified atom stereocenters. The number of aromatic nitrogens is 1. The molecule has 1 amide bonds. The molecule has 1 aromatic heterocycles. The number of aryl methyl sites for hydroxylation is 1. The summed E-state index contributed by atoms with van der Waals surface area (Å²) in [4.78, 5) is 25.3. The van der Waals surface area contributed by atoms with Crippen LogP contribution in [0.5, 0.6) is 0 Å². The van der Waals surface area contributed by atoms with Gasteiger partial charge in [-0.1, -0.05) is 63.2 Å². The average Bonchev–Trinajstić information content (AvgIpc) is 2.83. The molecule has 0 radical (unpaired) electrons. The summed E-state index contributed by atoms with van der Waals surface area (Å²) in [7, 11) is 0. The minimum absolute atomic E-state index is 0.0227. The molecule has 0 spiro atoms. The van der Waals surface area contributed by atoms with Crippen molar-refractivity contribution < 1.29 is 4.79 Å². The largest absolute Gasteiger partial charge is 0.354 e. The van der Waals surface area contributed by atoms with Crippen LogP contribution in [0.25, 0.3) is 10.8 Å². The number of hydrogen-bond acceptors (Lipinski definition) is 4. The topological polar surface area (TPSA) is 39.7 Å². The van der Waals surface area contributed by atoms with Gasteiger partial charge in [-0.05, 0) is 41.3 Å². The summed E-state index contributed by atoms with van der Waals surface area (Å²) in [6.07, 6.45) is 4.55. The Balaban J connectivity index is 1.29. The van der Waals surface area contributed by atoms with Gasteiger partial charge in [0.25, 0.3) is 0 Å². The van der Waals surface area contributed by atoms with Gasteiger partial charge >= 0.3 is 0 Å². The summed E-state index contributed by atoms with van der Waals surface area (Å²) in [5, 5.41) is 2.46. The van der Waals surface area contributed by atoms with E-state index in [4.69, 9.17) is 4.98 Å². The smallest absolute Gasteiger partial charge is 0.227 e. The van der Waals surface area contributed by atoms with E-state index in [0.717, 1.165) is 57.1 Å². The Morgan fingerprint density at radius 3 is 2.50 bits per heavy atom. The van der Waals surface area contributed by atoms with Gasteiger partial charge in [0, 0.05) is 62.5 Å². The normalized spacial score (nSPS) is 19.3. The van der Waals surface area contributed by atoms with Crippen LogP contribution in [0.3, 0.4) is 0 Å². The van der Waals surface area contributed by atoms with Gasteiger partial charge in [-0.15, -0.1) is 0 Å². The molecule has 2 aliphatic rings. The highest BCUT2D eigenvalue weighted by molar-refractivity contribution is 5.95. The number of hydrogen-bond donors (Lipinski definition) is 0. The molecular formula is C29H36N4O. The van der Waals surface area contributed by atoms with Crippen LogP contribution in [0.15, 0.2) is 60.8 Å². The number of piperazine rings is 1. The van der Waals surface area contributed by atoms with Crippen molar-refractivity contribution >= 4 is 28.2 Å². The molecule has 2 aliphatic heterocycles. The Bertz CT molecular complexity index is 1150. The average molecular weight is 457 g/mol. The first-order valence-corrected chi connectivity index (χ1v) is 12.6. The second-order valence-electron chi connectivity index (χ2n) is 11.0. The molecule has 1 saturated heterocycles. The zero-order valence-electron chi connectivity index (χ0n) is 20.7. The van der Waals surface area contributed by atoms with Gasteiger partial charge in [-0.3, -0.25) is 9.69 Å². The number of anilines is 2. The molecule has 3 heterocycles. The van der Waals surface area contributed by atoms with Gasteiger partial charge in [-0.25, -0.2) is 4.98 Å².